The molecule has 8 nitrogen and oxygen atoms in total. The molecule has 2 amide bonds. The number of esters is 2. The fourth-order valence-corrected chi connectivity index (χ4v) is 3.29. The second kappa shape index (κ2) is 9.81. The van der Waals surface area contributed by atoms with Crippen LogP contribution in [0, 0.1) is 0 Å². The molecule has 26 heavy (non-hydrogen) atoms. The first kappa shape index (κ1) is 19.8. The van der Waals surface area contributed by atoms with E-state index in [1.807, 2.05) is 18.2 Å². The van der Waals surface area contributed by atoms with Gasteiger partial charge in [0, 0.05) is 17.9 Å². The lowest BCUT2D eigenvalue weighted by molar-refractivity contribution is -0.149. The Bertz CT molecular complexity index is 694. The molecule has 2 N–H and O–H groups in total. The highest BCUT2D eigenvalue weighted by Gasteiger charge is 2.29. The molecule has 1 atom stereocenters. The Hall–Kier alpha value is -2.55. The third-order valence-corrected chi connectivity index (χ3v) is 4.81. The first-order chi connectivity index (χ1) is 12.5. The van der Waals surface area contributed by atoms with Gasteiger partial charge in [-0.15, -0.1) is 11.8 Å². The van der Waals surface area contributed by atoms with E-state index in [4.69, 9.17) is 4.74 Å². The number of benzene rings is 1. The highest BCUT2D eigenvalue weighted by molar-refractivity contribution is 8.01. The molecule has 0 bridgehead atoms. The van der Waals surface area contributed by atoms with E-state index in [-0.39, 0.29) is 31.3 Å². The fourth-order valence-electron chi connectivity index (χ4n) is 2.20. The van der Waals surface area contributed by atoms with E-state index in [0.29, 0.717) is 6.42 Å². The molecule has 1 aromatic carbocycles. The van der Waals surface area contributed by atoms with Crippen molar-refractivity contribution >= 4 is 41.2 Å². The topological polar surface area (TPSA) is 111 Å². The predicted molar refractivity (Wildman–Crippen MR) is 94.6 cm³/mol. The van der Waals surface area contributed by atoms with Gasteiger partial charge in [-0.3, -0.25) is 19.2 Å². The van der Waals surface area contributed by atoms with Crippen molar-refractivity contribution in [2.45, 2.75) is 29.4 Å². The number of anilines is 1. The second-order valence-corrected chi connectivity index (χ2v) is 6.73. The lowest BCUT2D eigenvalue weighted by Gasteiger charge is -2.23. The number of amides is 2. The maximum absolute atomic E-state index is 12.0. The summed E-state index contributed by atoms with van der Waals surface area (Å²) in [5.74, 6) is -1.70. The van der Waals surface area contributed by atoms with Gasteiger partial charge in [0.05, 0.1) is 24.5 Å². The highest BCUT2D eigenvalue weighted by atomic mass is 32.2. The Morgan fingerprint density at radius 1 is 1.23 bits per heavy atom. The summed E-state index contributed by atoms with van der Waals surface area (Å²) in [6, 6.07) is 7.32. The Morgan fingerprint density at radius 3 is 2.77 bits per heavy atom. The number of hydrogen-bond donors (Lipinski definition) is 2. The minimum atomic E-state index is -0.623. The SMILES string of the molecule is COC(=O)CCCNC(=O)COC(=O)C[C@H]1Sc2ccccc2NC1=O. The molecule has 9 heteroatoms. The van der Waals surface area contributed by atoms with Crippen LogP contribution >= 0.6 is 11.8 Å². The molecule has 0 aliphatic carbocycles. The van der Waals surface area contributed by atoms with Crippen LogP contribution < -0.4 is 10.6 Å². The van der Waals surface area contributed by atoms with Gasteiger partial charge in [-0.1, -0.05) is 12.1 Å². The number of ether oxygens (including phenoxy) is 2. The number of rotatable bonds is 8. The normalized spacial score (nSPS) is 15.4. The van der Waals surface area contributed by atoms with Gasteiger partial charge < -0.3 is 20.1 Å². The zero-order valence-corrected chi connectivity index (χ0v) is 15.1. The van der Waals surface area contributed by atoms with Crippen molar-refractivity contribution in [3.05, 3.63) is 24.3 Å². The van der Waals surface area contributed by atoms with Crippen molar-refractivity contribution in [3.63, 3.8) is 0 Å². The number of nitrogens with one attached hydrogen (secondary N) is 2. The molecule has 0 fully saturated rings. The molecule has 1 aromatic rings. The Balaban J connectivity index is 1.68. The summed E-state index contributed by atoms with van der Waals surface area (Å²) in [5, 5.41) is 4.68. The second-order valence-electron chi connectivity index (χ2n) is 5.49. The molecule has 1 heterocycles. The Labute approximate surface area is 155 Å². The lowest BCUT2D eigenvalue weighted by Crippen LogP contribution is -2.33. The first-order valence-corrected chi connectivity index (χ1v) is 8.93. The maximum atomic E-state index is 12.0. The fraction of sp³-hybridized carbons (Fsp3) is 0.412. The zero-order chi connectivity index (χ0) is 18.9. The molecule has 0 aromatic heterocycles. The summed E-state index contributed by atoms with van der Waals surface area (Å²) in [7, 11) is 1.30. The molecule has 140 valence electrons. The number of hydrogen-bond acceptors (Lipinski definition) is 7. The monoisotopic (exact) mass is 380 g/mol. The standard InChI is InChI=1S/C17H20N2O6S/c1-24-15(21)7-4-8-18-14(20)10-25-16(22)9-13-17(23)19-11-5-2-3-6-12(11)26-13/h2-3,5-6,13H,4,7-10H2,1H3,(H,18,20)(H,19,23)/t13-/m1/s1. The van der Waals surface area contributed by atoms with Crippen molar-refractivity contribution < 1.29 is 28.7 Å². The van der Waals surface area contributed by atoms with Crippen LogP contribution in [0.15, 0.2) is 29.2 Å². The molecule has 0 saturated carbocycles. The number of methoxy groups -OCH3 is 1. The van der Waals surface area contributed by atoms with Gasteiger partial charge in [0.2, 0.25) is 5.91 Å². The van der Waals surface area contributed by atoms with Gasteiger partial charge in [0.1, 0.15) is 0 Å². The van der Waals surface area contributed by atoms with E-state index in [1.54, 1.807) is 6.07 Å². The molecule has 0 spiro atoms. The molecular weight excluding hydrogens is 360 g/mol. The van der Waals surface area contributed by atoms with Crippen molar-refractivity contribution in [1.29, 1.82) is 0 Å². The minimum Gasteiger partial charge on any atom is -0.469 e. The Kier molecular flexibility index (Phi) is 7.46. The third-order valence-electron chi connectivity index (χ3n) is 3.53. The van der Waals surface area contributed by atoms with E-state index in [2.05, 4.69) is 15.4 Å². The van der Waals surface area contributed by atoms with Gasteiger partial charge in [0.25, 0.3) is 5.91 Å². The molecule has 0 saturated heterocycles. The van der Waals surface area contributed by atoms with Gasteiger partial charge in [-0.05, 0) is 18.6 Å². The van der Waals surface area contributed by atoms with Crippen LogP contribution in [0.5, 0.6) is 0 Å². The van der Waals surface area contributed by atoms with Crippen LogP contribution in [0.25, 0.3) is 0 Å². The summed E-state index contributed by atoms with van der Waals surface area (Å²) in [4.78, 5) is 47.3. The van der Waals surface area contributed by atoms with Crippen molar-refractivity contribution in [2.24, 2.45) is 0 Å². The summed E-state index contributed by atoms with van der Waals surface area (Å²) in [5.41, 5.74) is 0.721. The maximum Gasteiger partial charge on any atom is 0.307 e. The van der Waals surface area contributed by atoms with Crippen LogP contribution in [0.2, 0.25) is 0 Å². The lowest BCUT2D eigenvalue weighted by atomic mass is 10.2. The van der Waals surface area contributed by atoms with Gasteiger partial charge in [-0.2, -0.15) is 0 Å². The van der Waals surface area contributed by atoms with Crippen molar-refractivity contribution in [1.82, 2.24) is 5.32 Å². The Morgan fingerprint density at radius 2 is 2.00 bits per heavy atom. The summed E-state index contributed by atoms with van der Waals surface area (Å²) >= 11 is 1.29. The number of thioether (sulfide) groups is 1. The minimum absolute atomic E-state index is 0.125. The molecular formula is C17H20N2O6S. The quantitative estimate of drug-likeness (QED) is 0.513. The van der Waals surface area contributed by atoms with Crippen LogP contribution in [0.1, 0.15) is 19.3 Å². The van der Waals surface area contributed by atoms with E-state index >= 15 is 0 Å². The molecule has 0 unspecified atom stereocenters. The van der Waals surface area contributed by atoms with Crippen LogP contribution in [0.4, 0.5) is 5.69 Å². The van der Waals surface area contributed by atoms with Gasteiger partial charge >= 0.3 is 11.9 Å². The van der Waals surface area contributed by atoms with E-state index < -0.39 is 23.7 Å². The highest BCUT2D eigenvalue weighted by Crippen LogP contribution is 2.36. The first-order valence-electron chi connectivity index (χ1n) is 8.05. The number of fused-ring (bicyclic) bond motifs is 1. The summed E-state index contributed by atoms with van der Waals surface area (Å²) < 4.78 is 9.39. The summed E-state index contributed by atoms with van der Waals surface area (Å²) in [6.07, 6.45) is 0.511. The van der Waals surface area contributed by atoms with E-state index in [9.17, 15) is 19.2 Å². The molecule has 0 radical (unpaired) electrons. The predicted octanol–water partition coefficient (Wildman–Crippen LogP) is 1.10. The van der Waals surface area contributed by atoms with Crippen molar-refractivity contribution in [2.75, 3.05) is 25.6 Å². The summed E-state index contributed by atoms with van der Waals surface area (Å²) in [6.45, 7) is -0.143. The van der Waals surface area contributed by atoms with Crippen LogP contribution in [-0.2, 0) is 28.7 Å². The molecule has 1 aliphatic rings. The van der Waals surface area contributed by atoms with Gasteiger partial charge in [-0.25, -0.2) is 0 Å². The van der Waals surface area contributed by atoms with Gasteiger partial charge in [0.15, 0.2) is 6.61 Å². The smallest absolute Gasteiger partial charge is 0.307 e. The zero-order valence-electron chi connectivity index (χ0n) is 14.3. The van der Waals surface area contributed by atoms with Crippen LogP contribution in [0.3, 0.4) is 0 Å². The molecule has 2 rings (SSSR count). The third kappa shape index (κ3) is 6.07. The number of para-hydroxylation sites is 1. The van der Waals surface area contributed by atoms with E-state index in [0.717, 1.165) is 10.6 Å². The average Bonchev–Trinajstić information content (AvgIpc) is 2.64. The van der Waals surface area contributed by atoms with Crippen LogP contribution in [-0.4, -0.2) is 49.3 Å². The number of carbonyl (C=O) groups is 4. The number of carbonyl (C=O) groups excluding carboxylic acids is 4. The molecule has 1 aliphatic heterocycles. The average molecular weight is 380 g/mol. The van der Waals surface area contributed by atoms with Crippen molar-refractivity contribution in [3.8, 4) is 0 Å². The van der Waals surface area contributed by atoms with E-state index in [1.165, 1.54) is 18.9 Å². The largest absolute Gasteiger partial charge is 0.469 e.